The molecule has 0 unspecified atom stereocenters. The molecule has 0 aromatic carbocycles. The van der Waals surface area contributed by atoms with Gasteiger partial charge in [-0.05, 0) is 0 Å². The van der Waals surface area contributed by atoms with Gasteiger partial charge in [0, 0.05) is 6.54 Å². The lowest BCUT2D eigenvalue weighted by Gasteiger charge is -2.04. The van der Waals surface area contributed by atoms with Gasteiger partial charge in [-0.1, -0.05) is 6.08 Å². The van der Waals surface area contributed by atoms with Crippen LogP contribution in [0.1, 0.15) is 0 Å². The van der Waals surface area contributed by atoms with Crippen LogP contribution in [0.15, 0.2) is 12.7 Å². The van der Waals surface area contributed by atoms with Crippen LogP contribution in [0.3, 0.4) is 0 Å². The van der Waals surface area contributed by atoms with E-state index in [9.17, 15) is 5.21 Å². The minimum Gasteiger partial charge on any atom is -0.635 e. The van der Waals surface area contributed by atoms with Crippen molar-refractivity contribution < 1.29 is 5.06 Å². The summed E-state index contributed by atoms with van der Waals surface area (Å²) in [6, 6.07) is 0. The third-order valence-electron chi connectivity index (χ3n) is 0.167. The number of quaternary nitrogens is 1. The van der Waals surface area contributed by atoms with Crippen molar-refractivity contribution >= 4 is 0 Å². The molecular weight excluding hydrogens is 104 g/mol. The van der Waals surface area contributed by atoms with E-state index in [4.69, 9.17) is 5.73 Å². The maximum absolute atomic E-state index is 9.44. The second-order valence-corrected chi connectivity index (χ2v) is 1.43. The zero-order valence-corrected chi connectivity index (χ0v) is 5.48. The van der Waals surface area contributed by atoms with Crippen molar-refractivity contribution in [3.8, 4) is 0 Å². The van der Waals surface area contributed by atoms with E-state index in [1.54, 1.807) is 6.08 Å². The molecule has 0 radical (unpaired) electrons. The highest BCUT2D eigenvalue weighted by Gasteiger charge is 1.49. The summed E-state index contributed by atoms with van der Waals surface area (Å²) >= 11 is 0. The minimum absolute atomic E-state index is 0.167. The van der Waals surface area contributed by atoms with Crippen molar-refractivity contribution in [2.24, 2.45) is 5.73 Å². The van der Waals surface area contributed by atoms with Crippen LogP contribution in [-0.4, -0.2) is 20.6 Å². The topological polar surface area (TPSA) is 53.5 Å². The molecule has 0 aliphatic rings. The molecule has 3 nitrogen and oxygen atoms in total. The average Bonchev–Trinajstić information content (AvgIpc) is 1.65. The van der Waals surface area contributed by atoms with Gasteiger partial charge in [-0.25, -0.2) is 0 Å². The molecule has 0 fully saturated rings. The quantitative estimate of drug-likeness (QED) is 0.334. The summed E-state index contributed by atoms with van der Waals surface area (Å²) in [5.41, 5.74) is 4.91. The van der Waals surface area contributed by atoms with E-state index in [0.29, 0.717) is 6.54 Å². The molecule has 0 aliphatic heterocycles. The highest BCUT2D eigenvalue weighted by Crippen LogP contribution is 1.40. The maximum Gasteiger partial charge on any atom is 0.0660 e. The molecule has 0 saturated carbocycles. The van der Waals surface area contributed by atoms with Crippen molar-refractivity contribution in [3.05, 3.63) is 17.9 Å². The molecule has 0 aromatic heterocycles. The van der Waals surface area contributed by atoms with E-state index < -0.39 is 0 Å². The Balaban J connectivity index is 0. The van der Waals surface area contributed by atoms with Gasteiger partial charge >= 0.3 is 0 Å². The molecule has 0 atom stereocenters. The first kappa shape index (κ1) is 10.6. The third-order valence-corrected chi connectivity index (χ3v) is 0.167. The SMILES string of the molecule is C=CCN.C[NH+](C)[O-]. The van der Waals surface area contributed by atoms with Crippen molar-refractivity contribution in [1.29, 1.82) is 0 Å². The Labute approximate surface area is 50.4 Å². The Morgan fingerprint density at radius 3 is 1.88 bits per heavy atom. The lowest BCUT2D eigenvalue weighted by Crippen LogP contribution is -3.00. The van der Waals surface area contributed by atoms with E-state index in [1.165, 1.54) is 14.1 Å². The highest BCUT2D eigenvalue weighted by molar-refractivity contribution is 4.64. The van der Waals surface area contributed by atoms with Gasteiger partial charge in [-0.2, -0.15) is 0 Å². The molecule has 50 valence electrons. The minimum atomic E-state index is 0.167. The van der Waals surface area contributed by atoms with Crippen LogP contribution in [0.5, 0.6) is 0 Å². The van der Waals surface area contributed by atoms with E-state index in [1.807, 2.05) is 0 Å². The first-order valence-corrected chi connectivity index (χ1v) is 2.43. The Kier molecular flexibility index (Phi) is 12.9. The molecule has 0 rings (SSSR count). The number of hydrogen-bond donors (Lipinski definition) is 2. The Morgan fingerprint density at radius 2 is 1.88 bits per heavy atom. The van der Waals surface area contributed by atoms with E-state index >= 15 is 0 Å². The normalized spacial score (nSPS) is 7.62. The monoisotopic (exact) mass is 118 g/mol. The van der Waals surface area contributed by atoms with Crippen LogP contribution in [-0.2, 0) is 0 Å². The Hall–Kier alpha value is -0.380. The van der Waals surface area contributed by atoms with Crippen molar-refractivity contribution in [1.82, 2.24) is 0 Å². The second-order valence-electron chi connectivity index (χ2n) is 1.43. The Morgan fingerprint density at radius 1 is 1.75 bits per heavy atom. The van der Waals surface area contributed by atoms with Crippen LogP contribution < -0.4 is 10.8 Å². The summed E-state index contributed by atoms with van der Waals surface area (Å²) < 4.78 is 0. The number of nitrogens with two attached hydrogens (primary N) is 1. The molecule has 0 heterocycles. The van der Waals surface area contributed by atoms with Gasteiger partial charge < -0.3 is 16.0 Å². The van der Waals surface area contributed by atoms with Crippen molar-refractivity contribution in [2.75, 3.05) is 20.6 Å². The van der Waals surface area contributed by atoms with Gasteiger partial charge in [0.1, 0.15) is 0 Å². The predicted octanol–water partition coefficient (Wildman–Crippen LogP) is -1.24. The summed E-state index contributed by atoms with van der Waals surface area (Å²) in [5, 5.41) is 9.61. The fraction of sp³-hybridized carbons (Fsp3) is 0.600. The largest absolute Gasteiger partial charge is 0.635 e. The first-order chi connectivity index (χ1) is 3.65. The summed E-state index contributed by atoms with van der Waals surface area (Å²) in [6.45, 7) is 3.94. The number of hydrogen-bond acceptors (Lipinski definition) is 2. The molecule has 3 heteroatoms. The lowest BCUT2D eigenvalue weighted by atomic mass is 10.7. The van der Waals surface area contributed by atoms with Gasteiger partial charge in [-0.15, -0.1) is 6.58 Å². The zero-order chi connectivity index (χ0) is 6.99. The van der Waals surface area contributed by atoms with Gasteiger partial charge in [0.2, 0.25) is 0 Å². The number of hydroxylamine groups is 2. The van der Waals surface area contributed by atoms with Crippen LogP contribution >= 0.6 is 0 Å². The molecule has 0 bridgehead atoms. The van der Waals surface area contributed by atoms with Crippen molar-refractivity contribution in [2.45, 2.75) is 0 Å². The molecule has 0 spiro atoms. The third kappa shape index (κ3) is 312. The van der Waals surface area contributed by atoms with E-state index in [2.05, 4.69) is 6.58 Å². The van der Waals surface area contributed by atoms with Gasteiger partial charge in [-0.3, -0.25) is 0 Å². The summed E-state index contributed by atoms with van der Waals surface area (Å²) in [6.07, 6.45) is 1.65. The average molecular weight is 118 g/mol. The Bertz CT molecular complexity index is 42.9. The molecular formula is C5H14N2O. The van der Waals surface area contributed by atoms with Gasteiger partial charge in [0.15, 0.2) is 0 Å². The number of nitrogens with one attached hydrogen (secondary N) is 1. The van der Waals surface area contributed by atoms with Gasteiger partial charge in [0.05, 0.1) is 14.1 Å². The molecule has 3 N–H and O–H groups in total. The maximum atomic E-state index is 9.44. The van der Waals surface area contributed by atoms with Gasteiger partial charge in [0.25, 0.3) is 0 Å². The molecule has 0 aliphatic carbocycles. The van der Waals surface area contributed by atoms with Crippen LogP contribution in [0.2, 0.25) is 0 Å². The standard InChI is InChI=1S/C3H7N.C2H7NO/c1-2-3-4;1-3(2)4/h2H,1,3-4H2;3H,1-2H3. The fourth-order valence-electron chi connectivity index (χ4n) is 0. The number of rotatable bonds is 1. The van der Waals surface area contributed by atoms with E-state index in [0.717, 1.165) is 0 Å². The molecule has 0 aromatic rings. The highest BCUT2D eigenvalue weighted by atomic mass is 16.5. The van der Waals surface area contributed by atoms with Crippen LogP contribution in [0.4, 0.5) is 0 Å². The van der Waals surface area contributed by atoms with Crippen LogP contribution in [0.25, 0.3) is 0 Å². The van der Waals surface area contributed by atoms with Crippen molar-refractivity contribution in [3.63, 3.8) is 0 Å². The molecule has 8 heavy (non-hydrogen) atoms. The summed E-state index contributed by atoms with van der Waals surface area (Å²) in [5.74, 6) is 0. The second kappa shape index (κ2) is 9.80. The fourth-order valence-corrected chi connectivity index (χ4v) is 0. The smallest absolute Gasteiger partial charge is 0.0660 e. The zero-order valence-electron chi connectivity index (χ0n) is 5.48. The predicted molar refractivity (Wildman–Crippen MR) is 35.4 cm³/mol. The van der Waals surface area contributed by atoms with Crippen LogP contribution in [0, 0.1) is 5.21 Å². The van der Waals surface area contributed by atoms with E-state index in [-0.39, 0.29) is 5.06 Å². The summed E-state index contributed by atoms with van der Waals surface area (Å²) in [7, 11) is 3.06. The lowest BCUT2D eigenvalue weighted by molar-refractivity contribution is -0.802. The molecule has 0 saturated heterocycles. The first-order valence-electron chi connectivity index (χ1n) is 2.43. The molecule has 0 amide bonds. The summed E-state index contributed by atoms with van der Waals surface area (Å²) in [4.78, 5) is 0.